The zero-order valence-electron chi connectivity index (χ0n) is 13.1. The number of nitrogens with zero attached hydrogens (tertiary/aromatic N) is 3. The molecule has 2 N–H and O–H groups in total. The Balaban J connectivity index is 1.89. The second kappa shape index (κ2) is 7.04. The predicted molar refractivity (Wildman–Crippen MR) is 80.5 cm³/mol. The highest BCUT2D eigenvalue weighted by Crippen LogP contribution is 2.15. The van der Waals surface area contributed by atoms with Crippen molar-refractivity contribution in [3.8, 4) is 0 Å². The number of aryl methyl sites for hydroxylation is 1. The van der Waals surface area contributed by atoms with Gasteiger partial charge in [0, 0.05) is 44.4 Å². The molecule has 1 aromatic heterocycles. The van der Waals surface area contributed by atoms with Crippen LogP contribution >= 0.6 is 0 Å². The van der Waals surface area contributed by atoms with Crippen molar-refractivity contribution >= 4 is 5.91 Å². The summed E-state index contributed by atoms with van der Waals surface area (Å²) in [5, 5.41) is 17.4. The van der Waals surface area contributed by atoms with Crippen LogP contribution in [0.15, 0.2) is 12.4 Å². The van der Waals surface area contributed by atoms with Crippen LogP contribution in [0.25, 0.3) is 0 Å². The molecule has 0 aliphatic carbocycles. The summed E-state index contributed by atoms with van der Waals surface area (Å²) in [6, 6.07) is -0.140. The first kappa shape index (κ1) is 16.0. The van der Waals surface area contributed by atoms with Gasteiger partial charge in [-0.1, -0.05) is 13.8 Å². The van der Waals surface area contributed by atoms with Gasteiger partial charge in [-0.3, -0.25) is 14.4 Å². The number of carbonyl (C=O) groups excluding carboxylic acids is 1. The topological polar surface area (TPSA) is 70.4 Å². The number of aromatic nitrogens is 2. The average molecular weight is 294 g/mol. The first-order chi connectivity index (χ1) is 9.95. The van der Waals surface area contributed by atoms with Crippen molar-refractivity contribution in [1.29, 1.82) is 0 Å². The fourth-order valence-electron chi connectivity index (χ4n) is 2.63. The van der Waals surface area contributed by atoms with Gasteiger partial charge in [-0.15, -0.1) is 0 Å². The third kappa shape index (κ3) is 4.54. The SMILES string of the molecule is CC(C)C(=O)N[C@H]1CCN(Cc2cnn(C)c2)CC[C@@H]1O. The maximum absolute atomic E-state index is 11.8. The van der Waals surface area contributed by atoms with Crippen molar-refractivity contribution in [1.82, 2.24) is 20.0 Å². The number of carbonyl (C=O) groups is 1. The van der Waals surface area contributed by atoms with Gasteiger partial charge in [0.2, 0.25) is 5.91 Å². The Bertz CT molecular complexity index is 472. The monoisotopic (exact) mass is 294 g/mol. The molecule has 2 atom stereocenters. The van der Waals surface area contributed by atoms with Crippen LogP contribution in [0.2, 0.25) is 0 Å². The van der Waals surface area contributed by atoms with Crippen LogP contribution < -0.4 is 5.32 Å². The molecule has 1 fully saturated rings. The van der Waals surface area contributed by atoms with Gasteiger partial charge >= 0.3 is 0 Å². The number of aliphatic hydroxyl groups is 1. The highest BCUT2D eigenvalue weighted by Gasteiger charge is 2.26. The summed E-state index contributed by atoms with van der Waals surface area (Å²) in [5.74, 6) is -0.0355. The summed E-state index contributed by atoms with van der Waals surface area (Å²) in [7, 11) is 1.91. The van der Waals surface area contributed by atoms with E-state index in [0.717, 1.165) is 26.1 Å². The highest BCUT2D eigenvalue weighted by molar-refractivity contribution is 5.78. The molecular weight excluding hydrogens is 268 g/mol. The van der Waals surface area contributed by atoms with E-state index in [1.54, 1.807) is 4.68 Å². The van der Waals surface area contributed by atoms with E-state index in [-0.39, 0.29) is 17.9 Å². The molecule has 2 rings (SSSR count). The van der Waals surface area contributed by atoms with Crippen LogP contribution in [0.5, 0.6) is 0 Å². The van der Waals surface area contributed by atoms with Gasteiger partial charge in [0.1, 0.15) is 0 Å². The molecule has 118 valence electrons. The van der Waals surface area contributed by atoms with E-state index in [1.165, 1.54) is 5.56 Å². The van der Waals surface area contributed by atoms with E-state index in [2.05, 4.69) is 15.3 Å². The Morgan fingerprint density at radius 3 is 2.81 bits per heavy atom. The third-order valence-electron chi connectivity index (χ3n) is 3.98. The van der Waals surface area contributed by atoms with E-state index in [9.17, 15) is 9.90 Å². The molecular formula is C15H26N4O2. The van der Waals surface area contributed by atoms with Crippen LogP contribution in [0.3, 0.4) is 0 Å². The zero-order chi connectivity index (χ0) is 15.4. The van der Waals surface area contributed by atoms with Crippen LogP contribution in [0.4, 0.5) is 0 Å². The second-order valence-electron chi connectivity index (χ2n) is 6.21. The molecule has 6 nitrogen and oxygen atoms in total. The van der Waals surface area contributed by atoms with E-state index < -0.39 is 6.10 Å². The minimum Gasteiger partial charge on any atom is -0.391 e. The summed E-state index contributed by atoms with van der Waals surface area (Å²) >= 11 is 0. The summed E-state index contributed by atoms with van der Waals surface area (Å²) in [4.78, 5) is 14.1. The average Bonchev–Trinajstić information content (AvgIpc) is 2.76. The largest absolute Gasteiger partial charge is 0.391 e. The van der Waals surface area contributed by atoms with E-state index in [0.29, 0.717) is 6.42 Å². The van der Waals surface area contributed by atoms with E-state index >= 15 is 0 Å². The number of rotatable bonds is 4. The predicted octanol–water partition coefficient (Wildman–Crippen LogP) is 0.518. The molecule has 1 aliphatic rings. The van der Waals surface area contributed by atoms with Crippen molar-refractivity contribution in [2.45, 2.75) is 45.4 Å². The maximum Gasteiger partial charge on any atom is 0.222 e. The molecule has 21 heavy (non-hydrogen) atoms. The molecule has 0 radical (unpaired) electrons. The summed E-state index contributed by atoms with van der Waals surface area (Å²) < 4.78 is 1.80. The lowest BCUT2D eigenvalue weighted by Gasteiger charge is -2.22. The number of amides is 1. The minimum atomic E-state index is -0.466. The molecule has 1 aliphatic heterocycles. The molecule has 1 amide bonds. The van der Waals surface area contributed by atoms with E-state index in [4.69, 9.17) is 0 Å². The number of hydrogen-bond donors (Lipinski definition) is 2. The lowest BCUT2D eigenvalue weighted by atomic mass is 10.1. The van der Waals surface area contributed by atoms with Gasteiger partial charge in [0.25, 0.3) is 0 Å². The zero-order valence-corrected chi connectivity index (χ0v) is 13.1. The van der Waals surface area contributed by atoms with Crippen molar-refractivity contribution < 1.29 is 9.90 Å². The van der Waals surface area contributed by atoms with Gasteiger partial charge in [-0.25, -0.2) is 0 Å². The Hall–Kier alpha value is -1.40. The van der Waals surface area contributed by atoms with Crippen LogP contribution in [-0.2, 0) is 18.4 Å². The van der Waals surface area contributed by atoms with Gasteiger partial charge < -0.3 is 10.4 Å². The smallest absolute Gasteiger partial charge is 0.222 e. The Morgan fingerprint density at radius 2 is 2.19 bits per heavy atom. The summed E-state index contributed by atoms with van der Waals surface area (Å²) in [6.07, 6.45) is 4.88. The fraction of sp³-hybridized carbons (Fsp3) is 0.733. The molecule has 0 saturated carbocycles. The third-order valence-corrected chi connectivity index (χ3v) is 3.98. The second-order valence-corrected chi connectivity index (χ2v) is 6.21. The van der Waals surface area contributed by atoms with Gasteiger partial charge in [-0.2, -0.15) is 5.10 Å². The van der Waals surface area contributed by atoms with Gasteiger partial charge in [-0.05, 0) is 12.8 Å². The molecule has 0 bridgehead atoms. The molecule has 0 unspecified atom stereocenters. The first-order valence-electron chi connectivity index (χ1n) is 7.64. The van der Waals surface area contributed by atoms with Crippen LogP contribution in [-0.4, -0.2) is 50.9 Å². The normalized spacial score (nSPS) is 24.0. The Morgan fingerprint density at radius 1 is 1.48 bits per heavy atom. The molecule has 2 heterocycles. The molecule has 1 saturated heterocycles. The molecule has 0 spiro atoms. The Kier molecular flexibility index (Phi) is 5.36. The molecule has 1 aromatic rings. The lowest BCUT2D eigenvalue weighted by Crippen LogP contribution is -2.44. The van der Waals surface area contributed by atoms with Gasteiger partial charge in [0.15, 0.2) is 0 Å². The minimum absolute atomic E-state index is 0.0137. The lowest BCUT2D eigenvalue weighted by molar-refractivity contribution is -0.125. The number of aliphatic hydroxyl groups excluding tert-OH is 1. The van der Waals surface area contributed by atoms with Gasteiger partial charge in [0.05, 0.1) is 18.3 Å². The fourth-order valence-corrected chi connectivity index (χ4v) is 2.63. The number of likely N-dealkylation sites (tertiary alicyclic amines) is 1. The van der Waals surface area contributed by atoms with Crippen molar-refractivity contribution in [2.24, 2.45) is 13.0 Å². The Labute approximate surface area is 126 Å². The molecule has 6 heteroatoms. The number of nitrogens with one attached hydrogen (secondary N) is 1. The van der Waals surface area contributed by atoms with Crippen LogP contribution in [0.1, 0.15) is 32.3 Å². The van der Waals surface area contributed by atoms with Crippen molar-refractivity contribution in [3.05, 3.63) is 18.0 Å². The summed E-state index contributed by atoms with van der Waals surface area (Å²) in [6.45, 7) is 6.28. The number of hydrogen-bond acceptors (Lipinski definition) is 4. The highest BCUT2D eigenvalue weighted by atomic mass is 16.3. The van der Waals surface area contributed by atoms with E-state index in [1.807, 2.05) is 33.3 Å². The van der Waals surface area contributed by atoms with Crippen molar-refractivity contribution in [3.63, 3.8) is 0 Å². The van der Waals surface area contributed by atoms with Crippen LogP contribution in [0, 0.1) is 5.92 Å². The summed E-state index contributed by atoms with van der Waals surface area (Å²) in [5.41, 5.74) is 1.18. The molecule has 0 aromatic carbocycles. The first-order valence-corrected chi connectivity index (χ1v) is 7.64. The quantitative estimate of drug-likeness (QED) is 0.849. The maximum atomic E-state index is 11.8. The van der Waals surface area contributed by atoms with Crippen molar-refractivity contribution in [2.75, 3.05) is 13.1 Å². The standard InChI is InChI=1S/C15H26N4O2/c1-11(2)15(21)17-13-4-6-19(7-5-14(13)20)10-12-8-16-18(3)9-12/h8-9,11,13-14,20H,4-7,10H2,1-3H3,(H,17,21)/t13-,14-/m0/s1.